The van der Waals surface area contributed by atoms with E-state index in [9.17, 15) is 13.2 Å². The zero-order valence-electron chi connectivity index (χ0n) is 16.9. The van der Waals surface area contributed by atoms with Crippen molar-refractivity contribution >= 4 is 21.6 Å². The molecule has 0 saturated carbocycles. The van der Waals surface area contributed by atoms with E-state index in [4.69, 9.17) is 4.52 Å². The lowest BCUT2D eigenvalue weighted by molar-refractivity contribution is -0.119. The second-order valence-electron chi connectivity index (χ2n) is 8.24. The number of nitrogens with zero attached hydrogens (tertiary/aromatic N) is 2. The summed E-state index contributed by atoms with van der Waals surface area (Å²) in [6.07, 6.45) is 1.11. The monoisotopic (exact) mass is 405 g/mol. The van der Waals surface area contributed by atoms with Gasteiger partial charge in [-0.05, 0) is 49.8 Å². The van der Waals surface area contributed by atoms with Crippen molar-refractivity contribution in [3.8, 4) is 0 Å². The van der Waals surface area contributed by atoms with Crippen molar-refractivity contribution in [2.75, 3.05) is 11.9 Å². The van der Waals surface area contributed by atoms with Crippen molar-refractivity contribution in [1.82, 2.24) is 9.46 Å². The molecule has 2 aromatic rings. The first-order chi connectivity index (χ1) is 13.0. The van der Waals surface area contributed by atoms with Gasteiger partial charge >= 0.3 is 0 Å². The lowest BCUT2D eigenvalue weighted by Crippen LogP contribution is -2.43. The number of carbonyl (C=O) groups excluding carboxylic acids is 1. The summed E-state index contributed by atoms with van der Waals surface area (Å²) in [5.74, 6) is -0.0855. The molecule has 28 heavy (non-hydrogen) atoms. The minimum Gasteiger partial charge on any atom is -0.360 e. The number of amides is 1. The quantitative estimate of drug-likeness (QED) is 0.842. The van der Waals surface area contributed by atoms with E-state index in [0.29, 0.717) is 30.8 Å². The first-order valence-corrected chi connectivity index (χ1v) is 10.8. The molecular weight excluding hydrogens is 378 g/mol. The number of anilines is 1. The summed E-state index contributed by atoms with van der Waals surface area (Å²) < 4.78 is 32.5. The maximum atomic E-state index is 13.1. The van der Waals surface area contributed by atoms with E-state index in [1.54, 1.807) is 13.8 Å². The highest BCUT2D eigenvalue weighted by Crippen LogP contribution is 2.30. The third-order valence-corrected chi connectivity index (χ3v) is 7.21. The first kappa shape index (κ1) is 20.5. The summed E-state index contributed by atoms with van der Waals surface area (Å²) in [5.41, 5.74) is 2.14. The Hall–Kier alpha value is -2.19. The van der Waals surface area contributed by atoms with Crippen LogP contribution in [0.5, 0.6) is 0 Å². The average Bonchev–Trinajstić information content (AvgIpc) is 3.22. The predicted octanol–water partition coefficient (Wildman–Crippen LogP) is 3.38. The van der Waals surface area contributed by atoms with Crippen molar-refractivity contribution in [2.24, 2.45) is 0 Å². The summed E-state index contributed by atoms with van der Waals surface area (Å²) in [6.45, 7) is 9.82. The Morgan fingerprint density at radius 2 is 1.86 bits per heavy atom. The molecule has 0 aliphatic carbocycles. The number of rotatable bonds is 4. The van der Waals surface area contributed by atoms with Crippen LogP contribution in [0.15, 0.2) is 33.7 Å². The number of hydrogen-bond donors (Lipinski definition) is 1. The molecule has 1 saturated heterocycles. The predicted molar refractivity (Wildman–Crippen MR) is 107 cm³/mol. The van der Waals surface area contributed by atoms with Crippen molar-refractivity contribution in [2.45, 2.75) is 63.8 Å². The fourth-order valence-corrected chi connectivity index (χ4v) is 5.48. The maximum absolute atomic E-state index is 13.1. The number of nitrogens with one attached hydrogen (secondary N) is 1. The topological polar surface area (TPSA) is 92.5 Å². The highest BCUT2D eigenvalue weighted by atomic mass is 32.2. The second kappa shape index (κ2) is 7.33. The van der Waals surface area contributed by atoms with Gasteiger partial charge in [0.05, 0.1) is 0 Å². The van der Waals surface area contributed by atoms with Crippen molar-refractivity contribution in [3.05, 3.63) is 41.3 Å². The van der Waals surface area contributed by atoms with Crippen LogP contribution >= 0.6 is 0 Å². The number of benzene rings is 1. The van der Waals surface area contributed by atoms with Crippen LogP contribution < -0.4 is 5.32 Å². The fraction of sp³-hybridized carbons (Fsp3) is 0.500. The van der Waals surface area contributed by atoms with Crippen LogP contribution in [-0.2, 0) is 20.2 Å². The molecule has 0 bridgehead atoms. The Labute approximate surface area is 166 Å². The largest absolute Gasteiger partial charge is 0.360 e. The fourth-order valence-electron chi connectivity index (χ4n) is 3.53. The minimum absolute atomic E-state index is 0.0210. The Kier molecular flexibility index (Phi) is 5.38. The summed E-state index contributed by atoms with van der Waals surface area (Å²) in [6, 6.07) is 6.90. The highest BCUT2D eigenvalue weighted by molar-refractivity contribution is 7.89. The molecule has 1 aliphatic rings. The van der Waals surface area contributed by atoms with Crippen LogP contribution in [-0.4, -0.2) is 36.4 Å². The molecular formula is C20H27N3O4S. The number of sulfonamides is 1. The molecule has 1 amide bonds. The molecule has 8 heteroatoms. The van der Waals surface area contributed by atoms with Gasteiger partial charge in [0.2, 0.25) is 15.9 Å². The number of aromatic nitrogens is 1. The van der Waals surface area contributed by atoms with Crippen molar-refractivity contribution in [1.29, 1.82) is 0 Å². The van der Waals surface area contributed by atoms with E-state index >= 15 is 0 Å². The van der Waals surface area contributed by atoms with E-state index in [0.717, 1.165) is 5.56 Å². The van der Waals surface area contributed by atoms with Gasteiger partial charge in [-0.3, -0.25) is 4.79 Å². The first-order valence-electron chi connectivity index (χ1n) is 9.38. The van der Waals surface area contributed by atoms with Crippen LogP contribution in [0.3, 0.4) is 0 Å². The SMILES string of the molecule is Cc1noc(C)c1S(=O)(=O)N1CCCC1C(=O)Nc1ccc(C(C)(C)C)cc1. The summed E-state index contributed by atoms with van der Waals surface area (Å²) >= 11 is 0. The normalized spacial score (nSPS) is 18.4. The molecule has 3 rings (SSSR count). The maximum Gasteiger partial charge on any atom is 0.249 e. The molecule has 1 aliphatic heterocycles. The zero-order valence-corrected chi connectivity index (χ0v) is 17.8. The van der Waals surface area contributed by atoms with E-state index in [-0.39, 0.29) is 22.0 Å². The number of aryl methyl sites for hydroxylation is 2. The number of carbonyl (C=O) groups is 1. The molecule has 2 heterocycles. The summed E-state index contributed by atoms with van der Waals surface area (Å²) in [5, 5.41) is 6.59. The highest BCUT2D eigenvalue weighted by Gasteiger charge is 2.41. The van der Waals surface area contributed by atoms with E-state index in [1.165, 1.54) is 4.31 Å². The van der Waals surface area contributed by atoms with Gasteiger partial charge in [0.15, 0.2) is 5.76 Å². The number of hydrogen-bond acceptors (Lipinski definition) is 5. The third-order valence-electron chi connectivity index (χ3n) is 5.06. The van der Waals surface area contributed by atoms with E-state index in [1.807, 2.05) is 24.3 Å². The van der Waals surface area contributed by atoms with Gasteiger partial charge in [-0.15, -0.1) is 0 Å². The molecule has 0 radical (unpaired) electrons. The smallest absolute Gasteiger partial charge is 0.249 e. The molecule has 152 valence electrons. The third kappa shape index (κ3) is 3.84. The molecule has 1 aromatic carbocycles. The lowest BCUT2D eigenvalue weighted by Gasteiger charge is -2.23. The average molecular weight is 406 g/mol. The van der Waals surface area contributed by atoms with Gasteiger partial charge in [-0.2, -0.15) is 4.31 Å². The van der Waals surface area contributed by atoms with Gasteiger partial charge in [0.1, 0.15) is 16.6 Å². The molecule has 7 nitrogen and oxygen atoms in total. The Morgan fingerprint density at radius 3 is 2.39 bits per heavy atom. The van der Waals surface area contributed by atoms with Crippen LogP contribution in [0, 0.1) is 13.8 Å². The molecule has 0 spiro atoms. The molecule has 1 fully saturated rings. The zero-order chi connectivity index (χ0) is 20.7. The molecule has 1 aromatic heterocycles. The molecule has 1 unspecified atom stereocenters. The molecule has 1 N–H and O–H groups in total. The van der Waals surface area contributed by atoms with Crippen molar-refractivity contribution < 1.29 is 17.7 Å². The second-order valence-corrected chi connectivity index (χ2v) is 10.1. The van der Waals surface area contributed by atoms with Crippen LogP contribution in [0.1, 0.15) is 50.6 Å². The van der Waals surface area contributed by atoms with Crippen LogP contribution in [0.25, 0.3) is 0 Å². The standard InChI is InChI=1S/C20H27N3O4S/c1-13-18(14(2)27-22-13)28(25,26)23-12-6-7-17(23)19(24)21-16-10-8-15(9-11-16)20(3,4)5/h8-11,17H,6-7,12H2,1-5H3,(H,21,24). The van der Waals surface area contributed by atoms with Crippen molar-refractivity contribution in [3.63, 3.8) is 0 Å². The summed E-state index contributed by atoms with van der Waals surface area (Å²) in [7, 11) is -3.85. The van der Waals surface area contributed by atoms with Crippen LogP contribution in [0.4, 0.5) is 5.69 Å². The summed E-state index contributed by atoms with van der Waals surface area (Å²) in [4.78, 5) is 12.9. The van der Waals surface area contributed by atoms with Gasteiger partial charge in [-0.1, -0.05) is 38.1 Å². The van der Waals surface area contributed by atoms with Gasteiger partial charge < -0.3 is 9.84 Å². The minimum atomic E-state index is -3.85. The van der Waals surface area contributed by atoms with Gasteiger partial charge in [0, 0.05) is 12.2 Å². The molecule has 1 atom stereocenters. The lowest BCUT2D eigenvalue weighted by atomic mass is 9.87. The van der Waals surface area contributed by atoms with Gasteiger partial charge in [0.25, 0.3) is 0 Å². The Balaban J connectivity index is 1.80. The van der Waals surface area contributed by atoms with Gasteiger partial charge in [-0.25, -0.2) is 8.42 Å². The van der Waals surface area contributed by atoms with Crippen LogP contribution in [0.2, 0.25) is 0 Å². The Bertz CT molecular complexity index is 952. The Morgan fingerprint density at radius 1 is 1.21 bits per heavy atom. The van der Waals surface area contributed by atoms with E-state index < -0.39 is 16.1 Å². The van der Waals surface area contributed by atoms with E-state index in [2.05, 4.69) is 31.2 Å².